The van der Waals surface area contributed by atoms with Crippen LogP contribution in [0.1, 0.15) is 46.5 Å². The van der Waals surface area contributed by atoms with E-state index in [4.69, 9.17) is 0 Å². The summed E-state index contributed by atoms with van der Waals surface area (Å²) in [7, 11) is 0. The molecule has 2 aliphatic rings. The minimum atomic E-state index is -0.252. The Morgan fingerprint density at radius 1 is 1.44 bits per heavy atom. The van der Waals surface area contributed by atoms with E-state index in [1.807, 2.05) is 0 Å². The van der Waals surface area contributed by atoms with Crippen molar-refractivity contribution in [2.45, 2.75) is 52.6 Å². The van der Waals surface area contributed by atoms with Crippen LogP contribution in [0.2, 0.25) is 0 Å². The van der Waals surface area contributed by atoms with Crippen LogP contribution in [0.15, 0.2) is 23.8 Å². The number of fused-ring (bicyclic) bond motifs is 1. The monoisotopic (exact) mass is 220 g/mol. The van der Waals surface area contributed by atoms with E-state index in [1.165, 1.54) is 12.0 Å². The van der Waals surface area contributed by atoms with Gasteiger partial charge in [0, 0.05) is 0 Å². The van der Waals surface area contributed by atoms with Crippen LogP contribution in [0.5, 0.6) is 0 Å². The Morgan fingerprint density at radius 3 is 2.75 bits per heavy atom. The van der Waals surface area contributed by atoms with E-state index in [0.29, 0.717) is 11.3 Å². The molecule has 1 N–H and O–H groups in total. The fourth-order valence-electron chi connectivity index (χ4n) is 3.34. The molecule has 1 heteroatoms. The van der Waals surface area contributed by atoms with E-state index in [-0.39, 0.29) is 6.10 Å². The van der Waals surface area contributed by atoms with Crippen LogP contribution in [0.4, 0.5) is 0 Å². The summed E-state index contributed by atoms with van der Waals surface area (Å²) in [6.45, 7) is 11.0. The maximum absolute atomic E-state index is 9.94. The summed E-state index contributed by atoms with van der Waals surface area (Å²) >= 11 is 0. The second kappa shape index (κ2) is 4.03. The van der Waals surface area contributed by atoms with E-state index < -0.39 is 0 Å². The van der Waals surface area contributed by atoms with Crippen LogP contribution in [-0.4, -0.2) is 11.2 Å². The van der Waals surface area contributed by atoms with Gasteiger partial charge in [0.2, 0.25) is 0 Å². The number of rotatable bonds is 0. The molecule has 0 bridgehead atoms. The molecular weight excluding hydrogens is 196 g/mol. The summed E-state index contributed by atoms with van der Waals surface area (Å²) in [5.41, 5.74) is 2.97. The highest BCUT2D eigenvalue weighted by Crippen LogP contribution is 2.56. The van der Waals surface area contributed by atoms with Gasteiger partial charge in [-0.25, -0.2) is 0 Å². The summed E-state index contributed by atoms with van der Waals surface area (Å²) < 4.78 is 0. The minimum Gasteiger partial charge on any atom is -0.389 e. The quantitative estimate of drug-likeness (QED) is 0.617. The molecule has 0 unspecified atom stereocenters. The van der Waals surface area contributed by atoms with Crippen LogP contribution >= 0.6 is 0 Å². The van der Waals surface area contributed by atoms with Gasteiger partial charge in [0.1, 0.15) is 0 Å². The fourth-order valence-corrected chi connectivity index (χ4v) is 3.34. The largest absolute Gasteiger partial charge is 0.389 e. The topological polar surface area (TPSA) is 20.2 Å². The van der Waals surface area contributed by atoms with E-state index in [0.717, 1.165) is 30.8 Å². The summed E-state index contributed by atoms with van der Waals surface area (Å²) in [5.74, 6) is 1.43. The summed E-state index contributed by atoms with van der Waals surface area (Å²) in [4.78, 5) is 0. The maximum Gasteiger partial charge on any atom is 0.0750 e. The lowest BCUT2D eigenvalue weighted by atomic mass is 9.52. The highest BCUT2D eigenvalue weighted by Gasteiger charge is 2.47. The van der Waals surface area contributed by atoms with Crippen LogP contribution in [-0.2, 0) is 0 Å². The molecule has 0 aromatic carbocycles. The van der Waals surface area contributed by atoms with Gasteiger partial charge in [-0.1, -0.05) is 32.1 Å². The molecule has 2 aliphatic carbocycles. The Labute approximate surface area is 99.3 Å². The lowest BCUT2D eigenvalue weighted by molar-refractivity contribution is 0.0119. The highest BCUT2D eigenvalue weighted by molar-refractivity contribution is 5.18. The molecule has 0 spiro atoms. The van der Waals surface area contributed by atoms with Crippen molar-refractivity contribution in [3.63, 3.8) is 0 Å². The van der Waals surface area contributed by atoms with Gasteiger partial charge in [-0.05, 0) is 55.4 Å². The van der Waals surface area contributed by atoms with Crippen molar-refractivity contribution >= 4 is 0 Å². The molecule has 0 aromatic heterocycles. The van der Waals surface area contributed by atoms with Gasteiger partial charge in [-0.15, -0.1) is 0 Å². The second-order valence-electron chi connectivity index (χ2n) is 6.30. The first kappa shape index (κ1) is 11.9. The molecule has 0 saturated heterocycles. The lowest BCUT2D eigenvalue weighted by Gasteiger charge is -2.52. The van der Waals surface area contributed by atoms with Crippen molar-refractivity contribution in [3.8, 4) is 0 Å². The Morgan fingerprint density at radius 2 is 2.12 bits per heavy atom. The molecular formula is C15H24O. The number of aliphatic hydroxyl groups excluding tert-OH is 1. The van der Waals surface area contributed by atoms with Crippen molar-refractivity contribution in [2.24, 2.45) is 17.3 Å². The van der Waals surface area contributed by atoms with Crippen LogP contribution < -0.4 is 0 Å². The highest BCUT2D eigenvalue weighted by atomic mass is 16.3. The van der Waals surface area contributed by atoms with Crippen molar-refractivity contribution < 1.29 is 5.11 Å². The van der Waals surface area contributed by atoms with Gasteiger partial charge in [-0.2, -0.15) is 0 Å². The average Bonchev–Trinajstić information content (AvgIpc) is 2.24. The number of allylic oxidation sites excluding steroid dienone is 2. The Balaban J connectivity index is 2.18. The molecule has 3 atom stereocenters. The summed E-state index contributed by atoms with van der Waals surface area (Å²) in [5, 5.41) is 9.94. The average molecular weight is 220 g/mol. The molecule has 2 rings (SSSR count). The normalized spacial score (nSPS) is 41.9. The molecule has 0 aliphatic heterocycles. The molecule has 90 valence electrons. The van der Waals surface area contributed by atoms with Gasteiger partial charge in [0.15, 0.2) is 0 Å². The number of hydrogen-bond acceptors (Lipinski definition) is 1. The lowest BCUT2D eigenvalue weighted by Crippen LogP contribution is -2.44. The van der Waals surface area contributed by atoms with Gasteiger partial charge in [0.05, 0.1) is 6.10 Å². The Hall–Kier alpha value is -0.560. The van der Waals surface area contributed by atoms with Gasteiger partial charge in [0.25, 0.3) is 0 Å². The number of hydrogen-bond donors (Lipinski definition) is 1. The Bertz CT molecular complexity index is 324. The van der Waals surface area contributed by atoms with Crippen LogP contribution in [0.3, 0.4) is 0 Å². The molecule has 1 nitrogen and oxygen atoms in total. The molecule has 1 saturated carbocycles. The molecule has 0 radical (unpaired) electrons. The minimum absolute atomic E-state index is 0.252. The SMILES string of the molecule is C=C1CC[C@@H](O)/C(C)=C/C[C@@H]2[C@@H]1CC2(C)C. The standard InChI is InChI=1S/C15H24O/c1-10-6-8-14(16)11(2)5-7-13-12(10)9-15(13,3)4/h5,12-14,16H,1,6-9H2,2-4H3/b11-5+/t12-,13-,14-/m1/s1. The van der Waals surface area contributed by atoms with Gasteiger partial charge in [-0.3, -0.25) is 0 Å². The van der Waals surface area contributed by atoms with E-state index in [2.05, 4.69) is 33.4 Å². The zero-order valence-corrected chi connectivity index (χ0v) is 10.8. The second-order valence-corrected chi connectivity index (χ2v) is 6.30. The predicted octanol–water partition coefficient (Wildman–Crippen LogP) is 3.70. The van der Waals surface area contributed by atoms with Crippen LogP contribution in [0, 0.1) is 17.3 Å². The van der Waals surface area contributed by atoms with Crippen molar-refractivity contribution in [2.75, 3.05) is 0 Å². The third kappa shape index (κ3) is 1.98. The first-order valence-corrected chi connectivity index (χ1v) is 6.44. The maximum atomic E-state index is 9.94. The van der Waals surface area contributed by atoms with Crippen molar-refractivity contribution in [3.05, 3.63) is 23.8 Å². The molecule has 0 aromatic rings. The smallest absolute Gasteiger partial charge is 0.0750 e. The predicted molar refractivity (Wildman–Crippen MR) is 68.1 cm³/mol. The molecule has 0 heterocycles. The molecule has 0 amide bonds. The van der Waals surface area contributed by atoms with Crippen molar-refractivity contribution in [1.82, 2.24) is 0 Å². The molecule has 1 fully saturated rings. The van der Waals surface area contributed by atoms with Crippen LogP contribution in [0.25, 0.3) is 0 Å². The molecule has 16 heavy (non-hydrogen) atoms. The van der Waals surface area contributed by atoms with E-state index in [1.54, 1.807) is 0 Å². The first-order valence-electron chi connectivity index (χ1n) is 6.44. The third-order valence-corrected chi connectivity index (χ3v) is 4.72. The Kier molecular flexibility index (Phi) is 3.00. The van der Waals surface area contributed by atoms with Crippen molar-refractivity contribution in [1.29, 1.82) is 0 Å². The third-order valence-electron chi connectivity index (χ3n) is 4.72. The fraction of sp³-hybridized carbons (Fsp3) is 0.733. The van der Waals surface area contributed by atoms with E-state index >= 15 is 0 Å². The van der Waals surface area contributed by atoms with Gasteiger partial charge >= 0.3 is 0 Å². The van der Waals surface area contributed by atoms with Gasteiger partial charge < -0.3 is 5.11 Å². The first-order chi connectivity index (χ1) is 7.42. The zero-order chi connectivity index (χ0) is 11.9. The number of aliphatic hydroxyl groups is 1. The summed E-state index contributed by atoms with van der Waals surface area (Å²) in [6.07, 6.45) is 6.23. The zero-order valence-electron chi connectivity index (χ0n) is 10.8. The summed E-state index contributed by atoms with van der Waals surface area (Å²) in [6, 6.07) is 0. The van der Waals surface area contributed by atoms with E-state index in [9.17, 15) is 5.11 Å².